The summed E-state index contributed by atoms with van der Waals surface area (Å²) in [4.78, 5) is 29.8. The summed E-state index contributed by atoms with van der Waals surface area (Å²) in [5, 5.41) is 14.0. The molecule has 9 heteroatoms. The first-order chi connectivity index (χ1) is 16.9. The van der Waals surface area contributed by atoms with E-state index in [1.807, 2.05) is 41.8 Å². The van der Waals surface area contributed by atoms with Crippen molar-refractivity contribution in [3.63, 3.8) is 0 Å². The van der Waals surface area contributed by atoms with Crippen molar-refractivity contribution >= 4 is 50.0 Å². The molecule has 0 aliphatic rings. The number of aromatic nitrogens is 1. The maximum Gasteiger partial charge on any atom is 0.305 e. The van der Waals surface area contributed by atoms with E-state index < -0.39 is 5.97 Å². The van der Waals surface area contributed by atoms with Gasteiger partial charge in [0.1, 0.15) is 5.82 Å². The van der Waals surface area contributed by atoms with E-state index >= 15 is 0 Å². The fraction of sp³-hybridized carbons (Fsp3) is 0.115. The number of carboxylic acid groups (broad SMARTS) is 1. The third-order valence-electron chi connectivity index (χ3n) is 5.18. The van der Waals surface area contributed by atoms with E-state index in [2.05, 4.69) is 26.1 Å². The molecule has 0 unspecified atom stereocenters. The number of nitrogens with zero attached hydrogens (tertiary/aromatic N) is 2. The Morgan fingerprint density at radius 1 is 1.00 bits per heavy atom. The topological polar surface area (TPSA) is 82.5 Å². The molecule has 178 valence electrons. The Morgan fingerprint density at radius 2 is 1.69 bits per heavy atom. The van der Waals surface area contributed by atoms with Gasteiger partial charge in [0.25, 0.3) is 5.91 Å². The summed E-state index contributed by atoms with van der Waals surface area (Å²) >= 11 is 4.96. The molecule has 0 spiro atoms. The standard InChI is InChI=1S/C26H21BrFN3O3S/c27-20-7-11-22(12-8-20)31(26-30-23(16-35-26)18-5-9-21(28)10-6-18)15-17-1-3-19(4-2-17)25(34)29-14-13-24(32)33/h1-12,16H,13-15H2,(H,29,34)(H,32,33). The van der Waals surface area contributed by atoms with Crippen LogP contribution in [-0.4, -0.2) is 28.5 Å². The molecule has 0 radical (unpaired) electrons. The average Bonchev–Trinajstić information content (AvgIpc) is 3.34. The van der Waals surface area contributed by atoms with Crippen LogP contribution in [0.2, 0.25) is 0 Å². The van der Waals surface area contributed by atoms with E-state index in [1.165, 1.54) is 23.5 Å². The predicted octanol–water partition coefficient (Wildman–Crippen LogP) is 6.25. The van der Waals surface area contributed by atoms with Crippen molar-refractivity contribution in [1.82, 2.24) is 10.3 Å². The largest absolute Gasteiger partial charge is 0.481 e. The van der Waals surface area contributed by atoms with E-state index in [1.54, 1.807) is 24.3 Å². The molecule has 0 saturated heterocycles. The zero-order valence-corrected chi connectivity index (χ0v) is 20.9. The van der Waals surface area contributed by atoms with Crippen LogP contribution in [0.1, 0.15) is 22.3 Å². The molecule has 0 atom stereocenters. The first-order valence-electron chi connectivity index (χ1n) is 10.7. The Kier molecular flexibility index (Phi) is 7.89. The second-order valence-corrected chi connectivity index (χ2v) is 9.43. The maximum absolute atomic E-state index is 13.3. The minimum atomic E-state index is -0.960. The molecule has 35 heavy (non-hydrogen) atoms. The van der Waals surface area contributed by atoms with Gasteiger partial charge in [0.2, 0.25) is 0 Å². The number of carbonyl (C=O) groups is 2. The summed E-state index contributed by atoms with van der Waals surface area (Å²) in [6, 6.07) is 21.3. The number of hydrogen-bond donors (Lipinski definition) is 2. The molecule has 3 aromatic carbocycles. The van der Waals surface area contributed by atoms with Gasteiger partial charge in [0, 0.05) is 33.2 Å². The third-order valence-corrected chi connectivity index (χ3v) is 6.57. The van der Waals surface area contributed by atoms with Gasteiger partial charge >= 0.3 is 5.97 Å². The summed E-state index contributed by atoms with van der Waals surface area (Å²) in [6.07, 6.45) is -0.125. The van der Waals surface area contributed by atoms with Crippen LogP contribution in [0, 0.1) is 5.82 Å². The lowest BCUT2D eigenvalue weighted by molar-refractivity contribution is -0.136. The number of halogens is 2. The fourth-order valence-electron chi connectivity index (χ4n) is 3.36. The molecular weight excluding hydrogens is 533 g/mol. The van der Waals surface area contributed by atoms with E-state index in [0.717, 1.165) is 32.1 Å². The van der Waals surface area contributed by atoms with E-state index in [0.29, 0.717) is 12.1 Å². The molecule has 0 fully saturated rings. The van der Waals surface area contributed by atoms with Crippen LogP contribution in [0.3, 0.4) is 0 Å². The van der Waals surface area contributed by atoms with Crippen molar-refractivity contribution in [3.8, 4) is 11.3 Å². The number of nitrogens with one attached hydrogen (secondary N) is 1. The number of aliphatic carboxylic acids is 1. The Hall–Kier alpha value is -3.56. The van der Waals surface area contributed by atoms with E-state index in [4.69, 9.17) is 10.1 Å². The fourth-order valence-corrected chi connectivity index (χ4v) is 4.48. The van der Waals surface area contributed by atoms with Gasteiger partial charge in [-0.05, 0) is 66.2 Å². The van der Waals surface area contributed by atoms with Crippen LogP contribution in [0.25, 0.3) is 11.3 Å². The highest BCUT2D eigenvalue weighted by Gasteiger charge is 2.16. The molecule has 0 bridgehead atoms. The summed E-state index contributed by atoms with van der Waals surface area (Å²) in [5.74, 6) is -1.57. The number of carboxylic acids is 1. The van der Waals surface area contributed by atoms with Crippen LogP contribution < -0.4 is 10.2 Å². The molecule has 2 N–H and O–H groups in total. The Bertz CT molecular complexity index is 1310. The summed E-state index contributed by atoms with van der Waals surface area (Å²) < 4.78 is 14.3. The molecule has 0 aliphatic heterocycles. The number of carbonyl (C=O) groups excluding carboxylic acids is 1. The third kappa shape index (κ3) is 6.52. The normalized spacial score (nSPS) is 10.7. The van der Waals surface area contributed by atoms with Gasteiger partial charge in [-0.3, -0.25) is 9.59 Å². The van der Waals surface area contributed by atoms with Gasteiger partial charge in [-0.2, -0.15) is 0 Å². The second-order valence-electron chi connectivity index (χ2n) is 7.68. The van der Waals surface area contributed by atoms with Gasteiger partial charge in [0.05, 0.1) is 18.7 Å². The molecular formula is C26H21BrFN3O3S. The Balaban J connectivity index is 1.55. The van der Waals surface area contributed by atoms with Crippen molar-refractivity contribution in [2.75, 3.05) is 11.4 Å². The van der Waals surface area contributed by atoms with Crippen molar-refractivity contribution in [3.05, 3.63) is 99.6 Å². The SMILES string of the molecule is O=C(O)CCNC(=O)c1ccc(CN(c2ccc(Br)cc2)c2nc(-c3ccc(F)cc3)cs2)cc1. The molecule has 0 aliphatic carbocycles. The lowest BCUT2D eigenvalue weighted by Crippen LogP contribution is -2.26. The van der Waals surface area contributed by atoms with Crippen LogP contribution in [0.15, 0.2) is 82.6 Å². The van der Waals surface area contributed by atoms with Gasteiger partial charge in [0.15, 0.2) is 5.13 Å². The van der Waals surface area contributed by atoms with E-state index in [-0.39, 0.29) is 24.7 Å². The molecule has 1 aromatic heterocycles. The van der Waals surface area contributed by atoms with Crippen molar-refractivity contribution in [2.24, 2.45) is 0 Å². The minimum absolute atomic E-state index is 0.0771. The molecule has 1 heterocycles. The van der Waals surface area contributed by atoms with Crippen molar-refractivity contribution in [2.45, 2.75) is 13.0 Å². The van der Waals surface area contributed by atoms with Crippen LogP contribution >= 0.6 is 27.3 Å². The minimum Gasteiger partial charge on any atom is -0.481 e. The summed E-state index contributed by atoms with van der Waals surface area (Å²) in [5.41, 5.74) is 3.97. The molecule has 0 saturated carbocycles. The first-order valence-corrected chi connectivity index (χ1v) is 12.4. The van der Waals surface area contributed by atoms with Gasteiger partial charge < -0.3 is 15.3 Å². The molecule has 6 nitrogen and oxygen atoms in total. The highest BCUT2D eigenvalue weighted by Crippen LogP contribution is 2.34. The maximum atomic E-state index is 13.3. The summed E-state index contributed by atoms with van der Waals surface area (Å²) in [6.45, 7) is 0.590. The van der Waals surface area contributed by atoms with Gasteiger partial charge in [-0.25, -0.2) is 9.37 Å². The highest BCUT2D eigenvalue weighted by atomic mass is 79.9. The van der Waals surface area contributed by atoms with Gasteiger partial charge in [-0.1, -0.05) is 28.1 Å². The number of hydrogen-bond acceptors (Lipinski definition) is 5. The number of thiazole rings is 1. The van der Waals surface area contributed by atoms with Crippen LogP contribution in [0.4, 0.5) is 15.2 Å². The lowest BCUT2D eigenvalue weighted by atomic mass is 10.1. The monoisotopic (exact) mass is 553 g/mol. The summed E-state index contributed by atoms with van der Waals surface area (Å²) in [7, 11) is 0. The zero-order chi connectivity index (χ0) is 24.8. The number of rotatable bonds is 9. The van der Waals surface area contributed by atoms with Crippen molar-refractivity contribution < 1.29 is 19.1 Å². The number of benzene rings is 3. The molecule has 1 amide bonds. The van der Waals surface area contributed by atoms with Crippen LogP contribution in [0.5, 0.6) is 0 Å². The number of amides is 1. The van der Waals surface area contributed by atoms with Crippen molar-refractivity contribution in [1.29, 1.82) is 0 Å². The lowest BCUT2D eigenvalue weighted by Gasteiger charge is -2.22. The van der Waals surface area contributed by atoms with Gasteiger partial charge in [-0.15, -0.1) is 11.3 Å². The number of anilines is 2. The highest BCUT2D eigenvalue weighted by molar-refractivity contribution is 9.10. The average molecular weight is 554 g/mol. The van der Waals surface area contributed by atoms with E-state index in [9.17, 15) is 14.0 Å². The first kappa shape index (κ1) is 24.6. The molecule has 4 aromatic rings. The second kappa shape index (κ2) is 11.2. The zero-order valence-electron chi connectivity index (χ0n) is 18.4. The Morgan fingerprint density at radius 3 is 2.34 bits per heavy atom. The smallest absolute Gasteiger partial charge is 0.305 e. The quantitative estimate of drug-likeness (QED) is 0.256. The molecule has 4 rings (SSSR count). The predicted molar refractivity (Wildman–Crippen MR) is 139 cm³/mol. The Labute approximate surface area is 214 Å². The van der Waals surface area contributed by atoms with Crippen LogP contribution in [-0.2, 0) is 11.3 Å².